The van der Waals surface area contributed by atoms with Gasteiger partial charge in [0.1, 0.15) is 0 Å². The number of hydrogen-bond donors (Lipinski definition) is 1. The highest BCUT2D eigenvalue weighted by molar-refractivity contribution is 9.09. The van der Waals surface area contributed by atoms with Crippen molar-refractivity contribution in [1.82, 2.24) is 5.32 Å². The van der Waals surface area contributed by atoms with E-state index in [0.717, 1.165) is 11.9 Å². The first-order valence-electron chi connectivity index (χ1n) is 5.58. The highest BCUT2D eigenvalue weighted by Crippen LogP contribution is 2.18. The van der Waals surface area contributed by atoms with E-state index in [4.69, 9.17) is 4.74 Å². The number of ether oxygens (including phenoxy) is 1. The lowest BCUT2D eigenvalue weighted by molar-refractivity contribution is 0.0538. The van der Waals surface area contributed by atoms with Crippen LogP contribution in [0.15, 0.2) is 0 Å². The van der Waals surface area contributed by atoms with Crippen molar-refractivity contribution in [1.29, 1.82) is 0 Å². The normalized spacial score (nSPS) is 31.7. The molecular formula is C11H22BrNO. The van der Waals surface area contributed by atoms with Crippen LogP contribution >= 0.6 is 15.9 Å². The molecule has 1 fully saturated rings. The van der Waals surface area contributed by atoms with E-state index in [1.54, 1.807) is 0 Å². The summed E-state index contributed by atoms with van der Waals surface area (Å²) in [5, 5.41) is 4.60. The molecule has 0 aromatic carbocycles. The van der Waals surface area contributed by atoms with Gasteiger partial charge in [0, 0.05) is 17.9 Å². The molecule has 84 valence electrons. The van der Waals surface area contributed by atoms with Gasteiger partial charge in [-0.15, -0.1) is 0 Å². The summed E-state index contributed by atoms with van der Waals surface area (Å²) in [5.74, 6) is 0.675. The fourth-order valence-electron chi connectivity index (χ4n) is 1.69. The molecule has 0 aromatic heterocycles. The van der Waals surface area contributed by atoms with E-state index in [-0.39, 0.29) is 0 Å². The fraction of sp³-hybridized carbons (Fsp3) is 1.00. The fourth-order valence-corrected chi connectivity index (χ4v) is 2.25. The van der Waals surface area contributed by atoms with Crippen LogP contribution < -0.4 is 5.32 Å². The minimum Gasteiger partial charge on any atom is -0.374 e. The molecule has 1 heterocycles. The van der Waals surface area contributed by atoms with Crippen molar-refractivity contribution in [3.8, 4) is 0 Å². The summed E-state index contributed by atoms with van der Waals surface area (Å²) in [5.41, 5.74) is 0. The van der Waals surface area contributed by atoms with E-state index < -0.39 is 0 Å². The third-order valence-corrected chi connectivity index (χ3v) is 4.11. The molecule has 4 unspecified atom stereocenters. The average molecular weight is 264 g/mol. The SMILES string of the molecule is CC1CCC(CNC(C)C(C)CBr)O1. The van der Waals surface area contributed by atoms with Crippen molar-refractivity contribution < 1.29 is 4.74 Å². The Kier molecular flexibility index (Phi) is 5.42. The zero-order valence-corrected chi connectivity index (χ0v) is 11.0. The Morgan fingerprint density at radius 1 is 1.43 bits per heavy atom. The number of halogens is 1. The molecule has 0 spiro atoms. The lowest BCUT2D eigenvalue weighted by Gasteiger charge is -2.21. The van der Waals surface area contributed by atoms with Crippen LogP contribution in [-0.2, 0) is 4.74 Å². The number of alkyl halides is 1. The molecule has 1 N–H and O–H groups in total. The van der Waals surface area contributed by atoms with Gasteiger partial charge in [-0.2, -0.15) is 0 Å². The predicted octanol–water partition coefficient (Wildman–Crippen LogP) is 2.56. The van der Waals surface area contributed by atoms with Gasteiger partial charge in [-0.1, -0.05) is 22.9 Å². The molecule has 0 aromatic rings. The van der Waals surface area contributed by atoms with Gasteiger partial charge in [0.05, 0.1) is 12.2 Å². The predicted molar refractivity (Wildman–Crippen MR) is 64.0 cm³/mol. The second-order valence-corrected chi connectivity index (χ2v) is 5.12. The van der Waals surface area contributed by atoms with Crippen molar-refractivity contribution >= 4 is 15.9 Å². The second kappa shape index (κ2) is 6.09. The molecule has 1 saturated heterocycles. The summed E-state index contributed by atoms with van der Waals surface area (Å²) in [6.45, 7) is 7.65. The summed E-state index contributed by atoms with van der Waals surface area (Å²) in [6, 6.07) is 0.564. The lowest BCUT2D eigenvalue weighted by Crippen LogP contribution is -2.38. The summed E-state index contributed by atoms with van der Waals surface area (Å²) in [6.07, 6.45) is 3.33. The van der Waals surface area contributed by atoms with Crippen LogP contribution in [0.3, 0.4) is 0 Å². The van der Waals surface area contributed by atoms with Gasteiger partial charge in [0.2, 0.25) is 0 Å². The van der Waals surface area contributed by atoms with Crippen LogP contribution in [0.25, 0.3) is 0 Å². The zero-order valence-electron chi connectivity index (χ0n) is 9.42. The zero-order chi connectivity index (χ0) is 10.6. The van der Waals surface area contributed by atoms with Crippen molar-refractivity contribution in [2.75, 3.05) is 11.9 Å². The van der Waals surface area contributed by atoms with Gasteiger partial charge in [-0.05, 0) is 32.6 Å². The molecule has 2 nitrogen and oxygen atoms in total. The van der Waals surface area contributed by atoms with Gasteiger partial charge >= 0.3 is 0 Å². The Labute approximate surface area is 95.9 Å². The first kappa shape index (κ1) is 12.5. The van der Waals surface area contributed by atoms with Crippen LogP contribution in [0, 0.1) is 5.92 Å². The first-order valence-corrected chi connectivity index (χ1v) is 6.70. The van der Waals surface area contributed by atoms with Gasteiger partial charge in [-0.25, -0.2) is 0 Å². The van der Waals surface area contributed by atoms with Crippen LogP contribution in [0.4, 0.5) is 0 Å². The monoisotopic (exact) mass is 263 g/mol. The first-order chi connectivity index (χ1) is 6.63. The molecule has 4 atom stereocenters. The topological polar surface area (TPSA) is 21.3 Å². The van der Waals surface area contributed by atoms with Crippen LogP contribution in [-0.4, -0.2) is 30.1 Å². The Morgan fingerprint density at radius 2 is 2.14 bits per heavy atom. The number of rotatable bonds is 5. The largest absolute Gasteiger partial charge is 0.374 e. The quantitative estimate of drug-likeness (QED) is 0.770. The van der Waals surface area contributed by atoms with Crippen molar-refractivity contribution in [3.05, 3.63) is 0 Å². The Morgan fingerprint density at radius 3 is 2.64 bits per heavy atom. The summed E-state index contributed by atoms with van der Waals surface area (Å²) >= 11 is 3.51. The minimum atomic E-state index is 0.440. The van der Waals surface area contributed by atoms with Crippen LogP contribution in [0.5, 0.6) is 0 Å². The van der Waals surface area contributed by atoms with Crippen molar-refractivity contribution in [2.45, 2.75) is 51.9 Å². The molecule has 0 saturated carbocycles. The smallest absolute Gasteiger partial charge is 0.0704 e. The molecular weight excluding hydrogens is 242 g/mol. The summed E-state index contributed by atoms with van der Waals surface area (Å²) in [7, 11) is 0. The second-order valence-electron chi connectivity index (χ2n) is 4.47. The molecule has 0 bridgehead atoms. The van der Waals surface area contributed by atoms with E-state index >= 15 is 0 Å². The van der Waals surface area contributed by atoms with Gasteiger partial charge < -0.3 is 10.1 Å². The van der Waals surface area contributed by atoms with Crippen LogP contribution in [0.1, 0.15) is 33.6 Å². The van der Waals surface area contributed by atoms with Crippen molar-refractivity contribution in [3.63, 3.8) is 0 Å². The van der Waals surface area contributed by atoms with E-state index in [1.807, 2.05) is 0 Å². The number of nitrogens with one attached hydrogen (secondary N) is 1. The molecule has 1 aliphatic rings. The highest BCUT2D eigenvalue weighted by atomic mass is 79.9. The van der Waals surface area contributed by atoms with E-state index in [0.29, 0.717) is 24.2 Å². The average Bonchev–Trinajstić information content (AvgIpc) is 2.59. The van der Waals surface area contributed by atoms with Crippen molar-refractivity contribution in [2.24, 2.45) is 5.92 Å². The van der Waals surface area contributed by atoms with Gasteiger partial charge in [0.15, 0.2) is 0 Å². The maximum absolute atomic E-state index is 5.75. The molecule has 3 heteroatoms. The van der Waals surface area contributed by atoms with Crippen LogP contribution in [0.2, 0.25) is 0 Å². The molecule has 0 amide bonds. The molecule has 1 aliphatic heterocycles. The Bertz CT molecular complexity index is 163. The highest BCUT2D eigenvalue weighted by Gasteiger charge is 2.22. The maximum Gasteiger partial charge on any atom is 0.0704 e. The Balaban J connectivity index is 2.14. The summed E-state index contributed by atoms with van der Waals surface area (Å²) < 4.78 is 5.75. The van der Waals surface area contributed by atoms with Gasteiger partial charge in [-0.3, -0.25) is 0 Å². The van der Waals surface area contributed by atoms with E-state index in [9.17, 15) is 0 Å². The molecule has 0 radical (unpaired) electrons. The molecule has 0 aliphatic carbocycles. The molecule has 14 heavy (non-hydrogen) atoms. The minimum absolute atomic E-state index is 0.440. The number of hydrogen-bond acceptors (Lipinski definition) is 2. The third kappa shape index (κ3) is 3.87. The summed E-state index contributed by atoms with van der Waals surface area (Å²) in [4.78, 5) is 0. The van der Waals surface area contributed by atoms with E-state index in [2.05, 4.69) is 42.0 Å². The standard InChI is InChI=1S/C11H22BrNO/c1-8(6-12)10(3)13-7-11-5-4-9(2)14-11/h8-11,13H,4-7H2,1-3H3. The van der Waals surface area contributed by atoms with E-state index in [1.165, 1.54) is 12.8 Å². The lowest BCUT2D eigenvalue weighted by atomic mass is 10.1. The Hall–Kier alpha value is 0.400. The van der Waals surface area contributed by atoms with Gasteiger partial charge in [0.25, 0.3) is 0 Å². The molecule has 1 rings (SSSR count). The maximum atomic E-state index is 5.75. The third-order valence-electron chi connectivity index (χ3n) is 3.08.